The van der Waals surface area contributed by atoms with Crippen molar-refractivity contribution in [3.8, 4) is 22.8 Å². The molecule has 0 radical (unpaired) electrons. The van der Waals surface area contributed by atoms with Gasteiger partial charge in [0.15, 0.2) is 0 Å². The maximum absolute atomic E-state index is 13.4. The first-order chi connectivity index (χ1) is 21.9. The molecule has 3 aromatic carbocycles. The predicted octanol–water partition coefficient (Wildman–Crippen LogP) is 5.25. The lowest BCUT2D eigenvalue weighted by molar-refractivity contribution is -0.129. The van der Waals surface area contributed by atoms with Crippen molar-refractivity contribution >= 4 is 17.7 Å². The summed E-state index contributed by atoms with van der Waals surface area (Å²) in [5.41, 5.74) is 4.91. The molecular weight excluding hydrogens is 566 g/mol. The Kier molecular flexibility index (Phi) is 7.75. The van der Waals surface area contributed by atoms with Crippen molar-refractivity contribution < 1.29 is 19.1 Å². The third-order valence-electron chi connectivity index (χ3n) is 8.83. The van der Waals surface area contributed by atoms with Crippen molar-refractivity contribution in [3.05, 3.63) is 107 Å². The fourth-order valence-corrected chi connectivity index (χ4v) is 6.21. The number of carbonyl (C=O) groups excluding carboxylic acids is 3. The SMILES string of the molecule is Cc1ccc(-c2ccc(Oc3cc(C(=O)NC4CC(=O)N(C5CC5)C4)ccc3CN3CC(c4ccccc4)CC3=O)cc2)nn1. The average Bonchev–Trinajstić information content (AvgIpc) is 3.74. The van der Waals surface area contributed by atoms with E-state index in [0.717, 1.165) is 40.9 Å². The van der Waals surface area contributed by atoms with Gasteiger partial charge in [-0.2, -0.15) is 10.2 Å². The maximum atomic E-state index is 13.4. The zero-order valence-electron chi connectivity index (χ0n) is 25.2. The molecule has 2 aliphatic heterocycles. The van der Waals surface area contributed by atoms with Gasteiger partial charge in [-0.05, 0) is 73.9 Å². The molecule has 45 heavy (non-hydrogen) atoms. The number of aryl methyl sites for hydroxylation is 1. The number of rotatable bonds is 9. The molecule has 2 saturated heterocycles. The van der Waals surface area contributed by atoms with E-state index in [4.69, 9.17) is 4.74 Å². The van der Waals surface area contributed by atoms with E-state index in [1.807, 2.05) is 77.4 Å². The van der Waals surface area contributed by atoms with Crippen LogP contribution in [0.2, 0.25) is 0 Å². The Labute approximate surface area is 262 Å². The van der Waals surface area contributed by atoms with Crippen LogP contribution in [0.15, 0.2) is 84.9 Å². The van der Waals surface area contributed by atoms with Gasteiger partial charge in [-0.15, -0.1) is 0 Å². The average molecular weight is 602 g/mol. The molecule has 1 aromatic heterocycles. The number of hydrogen-bond acceptors (Lipinski definition) is 6. The summed E-state index contributed by atoms with van der Waals surface area (Å²) in [5, 5.41) is 11.5. The Morgan fingerprint density at radius 3 is 2.42 bits per heavy atom. The maximum Gasteiger partial charge on any atom is 0.251 e. The van der Waals surface area contributed by atoms with Crippen molar-refractivity contribution in [2.75, 3.05) is 13.1 Å². The Hall–Kier alpha value is -5.05. The molecule has 3 amide bonds. The van der Waals surface area contributed by atoms with E-state index in [2.05, 4.69) is 27.6 Å². The molecular formula is C36H35N5O4. The number of hydrogen-bond donors (Lipinski definition) is 1. The number of amides is 3. The molecule has 7 rings (SSSR count). The van der Waals surface area contributed by atoms with Crippen LogP contribution in [0.5, 0.6) is 11.5 Å². The Bertz CT molecular complexity index is 1720. The number of aromatic nitrogens is 2. The van der Waals surface area contributed by atoms with Crippen LogP contribution in [0.4, 0.5) is 0 Å². The summed E-state index contributed by atoms with van der Waals surface area (Å²) in [4.78, 5) is 42.6. The summed E-state index contributed by atoms with van der Waals surface area (Å²) in [6.45, 7) is 3.43. The van der Waals surface area contributed by atoms with Crippen LogP contribution >= 0.6 is 0 Å². The minimum absolute atomic E-state index is 0.0892. The fourth-order valence-electron chi connectivity index (χ4n) is 6.21. The molecule has 0 bridgehead atoms. The number of ether oxygens (including phenoxy) is 1. The van der Waals surface area contributed by atoms with E-state index in [0.29, 0.717) is 55.6 Å². The molecule has 4 aromatic rings. The van der Waals surface area contributed by atoms with Crippen LogP contribution in [-0.2, 0) is 16.1 Å². The van der Waals surface area contributed by atoms with Crippen LogP contribution in [0, 0.1) is 6.92 Å². The summed E-state index contributed by atoms with van der Waals surface area (Å²) in [5.74, 6) is 1.17. The second-order valence-corrected chi connectivity index (χ2v) is 12.2. The highest BCUT2D eigenvalue weighted by molar-refractivity contribution is 5.95. The van der Waals surface area contributed by atoms with Gasteiger partial charge in [0.05, 0.1) is 17.4 Å². The zero-order chi connectivity index (χ0) is 30.9. The summed E-state index contributed by atoms with van der Waals surface area (Å²) < 4.78 is 6.39. The molecule has 2 atom stereocenters. The van der Waals surface area contributed by atoms with E-state index < -0.39 is 0 Å². The smallest absolute Gasteiger partial charge is 0.251 e. The van der Waals surface area contributed by atoms with E-state index in [1.165, 1.54) is 0 Å². The van der Waals surface area contributed by atoms with Gasteiger partial charge in [-0.1, -0.05) is 36.4 Å². The van der Waals surface area contributed by atoms with E-state index in [-0.39, 0.29) is 29.7 Å². The molecule has 9 heteroatoms. The van der Waals surface area contributed by atoms with Gasteiger partial charge in [0.25, 0.3) is 5.91 Å². The van der Waals surface area contributed by atoms with Gasteiger partial charge in [-0.3, -0.25) is 14.4 Å². The van der Waals surface area contributed by atoms with Crippen molar-refractivity contribution in [1.29, 1.82) is 0 Å². The lowest BCUT2D eigenvalue weighted by Gasteiger charge is -2.20. The van der Waals surface area contributed by atoms with Gasteiger partial charge < -0.3 is 19.9 Å². The lowest BCUT2D eigenvalue weighted by Crippen LogP contribution is -2.37. The molecule has 1 aliphatic carbocycles. The third-order valence-corrected chi connectivity index (χ3v) is 8.83. The van der Waals surface area contributed by atoms with Gasteiger partial charge in [0, 0.05) is 61.1 Å². The first kappa shape index (κ1) is 28.7. The van der Waals surface area contributed by atoms with Crippen molar-refractivity contribution in [2.24, 2.45) is 0 Å². The quantitative estimate of drug-likeness (QED) is 0.281. The summed E-state index contributed by atoms with van der Waals surface area (Å²) >= 11 is 0. The van der Waals surface area contributed by atoms with Crippen molar-refractivity contribution in [2.45, 2.75) is 57.2 Å². The lowest BCUT2D eigenvalue weighted by atomic mass is 9.98. The first-order valence-corrected chi connectivity index (χ1v) is 15.5. The molecule has 3 heterocycles. The van der Waals surface area contributed by atoms with Crippen LogP contribution in [0.3, 0.4) is 0 Å². The summed E-state index contributed by atoms with van der Waals surface area (Å²) in [6, 6.07) is 27.0. The van der Waals surface area contributed by atoms with Gasteiger partial charge in [-0.25, -0.2) is 0 Å². The van der Waals surface area contributed by atoms with Crippen molar-refractivity contribution in [1.82, 2.24) is 25.3 Å². The summed E-state index contributed by atoms with van der Waals surface area (Å²) in [6.07, 6.45) is 2.86. The summed E-state index contributed by atoms with van der Waals surface area (Å²) in [7, 11) is 0. The minimum atomic E-state index is -0.253. The fraction of sp³-hybridized carbons (Fsp3) is 0.306. The third kappa shape index (κ3) is 6.43. The Morgan fingerprint density at radius 1 is 0.889 bits per heavy atom. The van der Waals surface area contributed by atoms with Crippen molar-refractivity contribution in [3.63, 3.8) is 0 Å². The highest BCUT2D eigenvalue weighted by Crippen LogP contribution is 2.34. The number of benzene rings is 3. The van der Waals surface area contributed by atoms with Gasteiger partial charge in [0.2, 0.25) is 11.8 Å². The minimum Gasteiger partial charge on any atom is -0.457 e. The van der Waals surface area contributed by atoms with E-state index in [9.17, 15) is 14.4 Å². The van der Waals surface area contributed by atoms with Crippen LogP contribution in [0.1, 0.15) is 58.8 Å². The molecule has 3 aliphatic rings. The van der Waals surface area contributed by atoms with Crippen LogP contribution in [0.25, 0.3) is 11.3 Å². The number of likely N-dealkylation sites (tertiary alicyclic amines) is 2. The number of nitrogens with one attached hydrogen (secondary N) is 1. The zero-order valence-corrected chi connectivity index (χ0v) is 25.2. The molecule has 3 fully saturated rings. The molecule has 0 spiro atoms. The normalized spacial score (nSPS) is 19.7. The Balaban J connectivity index is 1.11. The highest BCUT2D eigenvalue weighted by atomic mass is 16.5. The largest absolute Gasteiger partial charge is 0.457 e. The van der Waals surface area contributed by atoms with Gasteiger partial charge >= 0.3 is 0 Å². The molecule has 228 valence electrons. The van der Waals surface area contributed by atoms with Crippen LogP contribution in [-0.4, -0.2) is 62.9 Å². The van der Waals surface area contributed by atoms with E-state index >= 15 is 0 Å². The number of nitrogens with zero attached hydrogens (tertiary/aromatic N) is 4. The molecule has 9 nitrogen and oxygen atoms in total. The monoisotopic (exact) mass is 601 g/mol. The second kappa shape index (κ2) is 12.1. The predicted molar refractivity (Wildman–Crippen MR) is 169 cm³/mol. The second-order valence-electron chi connectivity index (χ2n) is 12.2. The standard InChI is InChI=1S/C36H35N5O4/c1-23-7-16-32(39-38-23)25-10-14-31(15-11-25)45-33-17-26(36(44)37-29-19-35(43)41(22-29)30-12-13-30)8-9-27(33)20-40-21-28(18-34(40)42)24-5-3-2-4-6-24/h2-11,14-17,28-30H,12-13,18-22H2,1H3,(H,37,44). The topological polar surface area (TPSA) is 105 Å². The first-order valence-electron chi connectivity index (χ1n) is 15.5. The molecule has 1 saturated carbocycles. The molecule has 2 unspecified atom stereocenters. The number of carbonyl (C=O) groups is 3. The Morgan fingerprint density at radius 2 is 1.69 bits per heavy atom. The van der Waals surface area contributed by atoms with Crippen LogP contribution < -0.4 is 10.1 Å². The van der Waals surface area contributed by atoms with Gasteiger partial charge in [0.1, 0.15) is 11.5 Å². The van der Waals surface area contributed by atoms with E-state index in [1.54, 1.807) is 12.1 Å². The molecule has 1 N–H and O–H groups in total. The highest BCUT2D eigenvalue weighted by Gasteiger charge is 2.40.